The van der Waals surface area contributed by atoms with Crippen LogP contribution in [0, 0.1) is 26.6 Å². The number of benzene rings is 2. The number of amides is 1. The van der Waals surface area contributed by atoms with Crippen molar-refractivity contribution in [2.24, 2.45) is 7.05 Å². The minimum atomic E-state index is -0.300. The highest BCUT2D eigenvalue weighted by atomic mass is 19.1. The monoisotopic (exact) mass is 461 g/mol. The third kappa shape index (κ3) is 4.46. The highest BCUT2D eigenvalue weighted by Crippen LogP contribution is 2.35. The number of aryl methyl sites for hydroxylation is 4. The van der Waals surface area contributed by atoms with Crippen molar-refractivity contribution in [2.45, 2.75) is 34.1 Å². The van der Waals surface area contributed by atoms with Gasteiger partial charge in [0, 0.05) is 30.7 Å². The van der Waals surface area contributed by atoms with E-state index in [0.717, 1.165) is 23.1 Å². The number of fused-ring (bicyclic) bond motifs is 1. The molecule has 2 aromatic heterocycles. The molecule has 0 aliphatic heterocycles. The Hall–Kier alpha value is -3.87. The molecule has 7 heteroatoms. The van der Waals surface area contributed by atoms with Gasteiger partial charge in [0.25, 0.3) is 11.5 Å². The van der Waals surface area contributed by atoms with Crippen molar-refractivity contribution in [1.29, 1.82) is 0 Å². The van der Waals surface area contributed by atoms with Gasteiger partial charge in [-0.15, -0.1) is 0 Å². The van der Waals surface area contributed by atoms with E-state index in [9.17, 15) is 14.0 Å². The summed E-state index contributed by atoms with van der Waals surface area (Å²) >= 11 is 0. The van der Waals surface area contributed by atoms with Crippen molar-refractivity contribution >= 4 is 16.8 Å². The number of aromatic amines is 1. The maximum Gasteiger partial charge on any atom is 0.274 e. The van der Waals surface area contributed by atoms with Crippen molar-refractivity contribution < 1.29 is 13.9 Å². The predicted octanol–water partition coefficient (Wildman–Crippen LogP) is 5.53. The van der Waals surface area contributed by atoms with Crippen LogP contribution in [0.5, 0.6) is 11.5 Å². The molecule has 0 aliphatic carbocycles. The minimum Gasteiger partial charge on any atom is -0.457 e. The standard InChI is InChI=1S/C27H28FN3O3/c1-6-7-29-26(32)23-13-21-22(14-31(5)27(33)24(21)30-23)18-8-15(2)9-20(12-18)34-25-16(3)10-19(28)11-17(25)4/h8-14,30H,6-7H2,1-5H3,(H,29,32). The van der Waals surface area contributed by atoms with Crippen molar-refractivity contribution in [3.63, 3.8) is 0 Å². The van der Waals surface area contributed by atoms with E-state index in [0.29, 0.717) is 45.8 Å². The Labute approximate surface area is 197 Å². The van der Waals surface area contributed by atoms with Crippen LogP contribution in [0.2, 0.25) is 0 Å². The third-order valence-corrected chi connectivity index (χ3v) is 5.75. The number of aromatic nitrogens is 2. The van der Waals surface area contributed by atoms with Gasteiger partial charge < -0.3 is 19.6 Å². The lowest BCUT2D eigenvalue weighted by atomic mass is 10.0. The molecule has 176 valence electrons. The van der Waals surface area contributed by atoms with Crippen molar-refractivity contribution in [3.05, 3.63) is 81.2 Å². The Kier molecular flexibility index (Phi) is 6.28. The van der Waals surface area contributed by atoms with E-state index in [1.165, 1.54) is 16.7 Å². The summed E-state index contributed by atoms with van der Waals surface area (Å²) in [5.74, 6) is 0.666. The van der Waals surface area contributed by atoms with Gasteiger partial charge in [-0.3, -0.25) is 9.59 Å². The fraction of sp³-hybridized carbons (Fsp3) is 0.259. The average Bonchev–Trinajstić information content (AvgIpc) is 3.22. The van der Waals surface area contributed by atoms with Gasteiger partial charge >= 0.3 is 0 Å². The summed E-state index contributed by atoms with van der Waals surface area (Å²) in [7, 11) is 1.68. The van der Waals surface area contributed by atoms with Gasteiger partial charge in [0.05, 0.1) is 0 Å². The number of carbonyl (C=O) groups excluding carboxylic acids is 1. The van der Waals surface area contributed by atoms with Crippen LogP contribution in [0.15, 0.2) is 47.4 Å². The Morgan fingerprint density at radius 1 is 1.09 bits per heavy atom. The fourth-order valence-corrected chi connectivity index (χ4v) is 4.16. The zero-order valence-electron chi connectivity index (χ0n) is 20.0. The zero-order chi connectivity index (χ0) is 24.6. The molecular weight excluding hydrogens is 433 g/mol. The number of nitrogens with one attached hydrogen (secondary N) is 2. The number of ether oxygens (including phenoxy) is 1. The van der Waals surface area contributed by atoms with Gasteiger partial charge in [-0.05, 0) is 79.8 Å². The van der Waals surface area contributed by atoms with E-state index in [-0.39, 0.29) is 17.3 Å². The molecule has 34 heavy (non-hydrogen) atoms. The molecule has 0 fully saturated rings. The van der Waals surface area contributed by atoms with Gasteiger partial charge in [0.1, 0.15) is 28.5 Å². The zero-order valence-corrected chi connectivity index (χ0v) is 20.0. The maximum atomic E-state index is 13.7. The molecule has 0 radical (unpaired) electrons. The molecule has 4 rings (SSSR count). The van der Waals surface area contributed by atoms with E-state index in [1.54, 1.807) is 19.3 Å². The molecular formula is C27H28FN3O3. The maximum absolute atomic E-state index is 13.7. The van der Waals surface area contributed by atoms with Crippen LogP contribution in [-0.4, -0.2) is 22.0 Å². The quantitative estimate of drug-likeness (QED) is 0.396. The Bertz CT molecular complexity index is 1440. The van der Waals surface area contributed by atoms with Gasteiger partial charge in [-0.1, -0.05) is 13.0 Å². The largest absolute Gasteiger partial charge is 0.457 e. The highest BCUT2D eigenvalue weighted by molar-refractivity contribution is 6.02. The number of nitrogens with zero attached hydrogens (tertiary/aromatic N) is 1. The van der Waals surface area contributed by atoms with E-state index in [2.05, 4.69) is 10.3 Å². The number of H-pyrrole nitrogens is 1. The molecule has 2 aromatic carbocycles. The molecule has 0 aliphatic rings. The van der Waals surface area contributed by atoms with E-state index < -0.39 is 0 Å². The first kappa shape index (κ1) is 23.3. The molecule has 2 N–H and O–H groups in total. The smallest absolute Gasteiger partial charge is 0.274 e. The Balaban J connectivity index is 1.82. The second kappa shape index (κ2) is 9.17. The SMILES string of the molecule is CCCNC(=O)c1cc2c(-c3cc(C)cc(Oc4c(C)cc(F)cc4C)c3)cn(C)c(=O)c2[nH]1. The first-order valence-electron chi connectivity index (χ1n) is 11.2. The van der Waals surface area contributed by atoms with Gasteiger partial charge in [0.2, 0.25) is 0 Å². The van der Waals surface area contributed by atoms with Crippen LogP contribution in [-0.2, 0) is 7.05 Å². The lowest BCUT2D eigenvalue weighted by Crippen LogP contribution is -2.24. The van der Waals surface area contributed by atoms with Crippen molar-refractivity contribution in [3.8, 4) is 22.6 Å². The molecule has 0 bridgehead atoms. The first-order chi connectivity index (χ1) is 16.2. The van der Waals surface area contributed by atoms with E-state index in [1.807, 2.05) is 45.9 Å². The second-order valence-electron chi connectivity index (χ2n) is 8.69. The molecule has 6 nitrogen and oxygen atoms in total. The van der Waals surface area contributed by atoms with Crippen LogP contribution < -0.4 is 15.6 Å². The summed E-state index contributed by atoms with van der Waals surface area (Å²) in [6.07, 6.45) is 2.58. The van der Waals surface area contributed by atoms with Crippen LogP contribution in [0.25, 0.3) is 22.0 Å². The molecule has 0 saturated carbocycles. The number of carbonyl (C=O) groups is 1. The summed E-state index contributed by atoms with van der Waals surface area (Å²) in [5, 5.41) is 3.50. The number of pyridine rings is 1. The number of hydrogen-bond acceptors (Lipinski definition) is 3. The van der Waals surface area contributed by atoms with Gasteiger partial charge in [-0.25, -0.2) is 4.39 Å². The lowest BCUT2D eigenvalue weighted by molar-refractivity contribution is 0.0949. The van der Waals surface area contributed by atoms with Crippen LogP contribution >= 0.6 is 0 Å². The molecule has 1 amide bonds. The summed E-state index contributed by atoms with van der Waals surface area (Å²) in [6, 6.07) is 10.4. The number of rotatable bonds is 6. The first-order valence-corrected chi connectivity index (χ1v) is 11.2. The normalized spacial score (nSPS) is 11.1. The molecule has 2 heterocycles. The van der Waals surface area contributed by atoms with Gasteiger partial charge in [-0.2, -0.15) is 0 Å². The predicted molar refractivity (Wildman–Crippen MR) is 132 cm³/mol. The van der Waals surface area contributed by atoms with Gasteiger partial charge in [0.15, 0.2) is 0 Å². The van der Waals surface area contributed by atoms with Crippen molar-refractivity contribution in [2.75, 3.05) is 6.54 Å². The second-order valence-corrected chi connectivity index (χ2v) is 8.69. The summed E-state index contributed by atoms with van der Waals surface area (Å²) in [4.78, 5) is 28.3. The Morgan fingerprint density at radius 3 is 2.47 bits per heavy atom. The minimum absolute atomic E-state index is 0.213. The Morgan fingerprint density at radius 2 is 1.79 bits per heavy atom. The molecule has 0 spiro atoms. The highest BCUT2D eigenvalue weighted by Gasteiger charge is 2.17. The summed E-state index contributed by atoms with van der Waals surface area (Å²) in [6.45, 7) is 8.11. The van der Waals surface area contributed by atoms with E-state index >= 15 is 0 Å². The summed E-state index contributed by atoms with van der Waals surface area (Å²) in [5.41, 5.74) is 4.51. The fourth-order valence-electron chi connectivity index (χ4n) is 4.16. The molecule has 4 aromatic rings. The van der Waals surface area contributed by atoms with Crippen LogP contribution in [0.4, 0.5) is 4.39 Å². The molecule has 0 saturated heterocycles. The topological polar surface area (TPSA) is 76.1 Å². The van der Waals surface area contributed by atoms with E-state index in [4.69, 9.17) is 4.74 Å². The van der Waals surface area contributed by atoms with Crippen LogP contribution in [0.1, 0.15) is 40.5 Å². The average molecular weight is 462 g/mol. The lowest BCUT2D eigenvalue weighted by Gasteiger charge is -2.14. The third-order valence-electron chi connectivity index (χ3n) is 5.75. The molecule has 0 unspecified atom stereocenters. The van der Waals surface area contributed by atoms with Crippen molar-refractivity contribution in [1.82, 2.24) is 14.9 Å². The number of halogens is 1. The molecule has 0 atom stereocenters. The summed E-state index contributed by atoms with van der Waals surface area (Å²) < 4.78 is 21.4. The van der Waals surface area contributed by atoms with Crippen LogP contribution in [0.3, 0.4) is 0 Å². The number of hydrogen-bond donors (Lipinski definition) is 2.